The highest BCUT2D eigenvalue weighted by atomic mass is 32.2. The molecule has 12 heteroatoms. The Morgan fingerprint density at radius 2 is 1.69 bits per heavy atom. The van der Waals surface area contributed by atoms with E-state index in [0.29, 0.717) is 38.3 Å². The van der Waals surface area contributed by atoms with Crippen LogP contribution in [0.4, 0.5) is 13.2 Å². The summed E-state index contributed by atoms with van der Waals surface area (Å²) in [6.07, 6.45) is -0.506. The number of benzene rings is 2. The Balaban J connectivity index is 1.56. The van der Waals surface area contributed by atoms with E-state index in [1.807, 2.05) is 18.2 Å². The predicted octanol–water partition coefficient (Wildman–Crippen LogP) is 5.72. The van der Waals surface area contributed by atoms with Gasteiger partial charge in [-0.3, -0.25) is 5.10 Å². The molecule has 0 saturated carbocycles. The molecule has 0 amide bonds. The number of ether oxygens (including phenoxy) is 1. The lowest BCUT2D eigenvalue weighted by atomic mass is 9.99. The fourth-order valence-corrected chi connectivity index (χ4v) is 5.55. The van der Waals surface area contributed by atoms with E-state index in [9.17, 15) is 21.6 Å². The number of nitrogens with zero attached hydrogens (tertiary/aromatic N) is 3. The average Bonchev–Trinajstić information content (AvgIpc) is 3.48. The topological polar surface area (TPSA) is 97.8 Å². The van der Waals surface area contributed by atoms with Crippen LogP contribution in [0.15, 0.2) is 71.3 Å². The number of hydrogen-bond acceptors (Lipinski definition) is 7. The van der Waals surface area contributed by atoms with Gasteiger partial charge in [0.1, 0.15) is 16.3 Å². The quantitative estimate of drug-likeness (QED) is 0.321. The maximum atomic E-state index is 12.5. The first-order valence-corrected chi connectivity index (χ1v) is 12.7. The van der Waals surface area contributed by atoms with Crippen molar-refractivity contribution in [3.05, 3.63) is 67.1 Å². The standard InChI is InChI=1S/C23H15F3N4O3S2/c1-35(31,32)20-9-8-19(34-20)22-16-10-14(4-7-18(16)27-12-28-22)17-11-29-30-21(17)13-2-5-15(6-3-13)33-23(24,25)26/h2-12H,1H3,(H,29,30). The van der Waals surface area contributed by atoms with Crippen molar-refractivity contribution in [2.75, 3.05) is 6.26 Å². The summed E-state index contributed by atoms with van der Waals surface area (Å²) in [6, 6.07) is 14.2. The molecule has 3 heterocycles. The van der Waals surface area contributed by atoms with E-state index in [0.717, 1.165) is 23.2 Å². The Labute approximate surface area is 201 Å². The number of fused-ring (bicyclic) bond motifs is 1. The minimum atomic E-state index is -4.77. The number of halogens is 3. The molecule has 0 bridgehead atoms. The molecular weight excluding hydrogens is 501 g/mol. The first kappa shape index (κ1) is 23.0. The van der Waals surface area contributed by atoms with Crippen LogP contribution >= 0.6 is 11.3 Å². The Bertz CT molecular complexity index is 1640. The number of rotatable bonds is 5. The summed E-state index contributed by atoms with van der Waals surface area (Å²) >= 11 is 1.13. The third-order valence-corrected chi connectivity index (χ3v) is 8.04. The fraction of sp³-hybridized carbons (Fsp3) is 0.0870. The molecule has 5 aromatic rings. The Morgan fingerprint density at radius 3 is 2.37 bits per heavy atom. The molecule has 0 spiro atoms. The van der Waals surface area contributed by atoms with Crippen LogP contribution in [0.1, 0.15) is 0 Å². The zero-order valence-electron chi connectivity index (χ0n) is 17.9. The molecule has 0 saturated heterocycles. The minimum Gasteiger partial charge on any atom is -0.406 e. The lowest BCUT2D eigenvalue weighted by molar-refractivity contribution is -0.274. The van der Waals surface area contributed by atoms with Crippen LogP contribution in [-0.4, -0.2) is 41.2 Å². The van der Waals surface area contributed by atoms with Gasteiger partial charge >= 0.3 is 6.36 Å². The summed E-state index contributed by atoms with van der Waals surface area (Å²) in [6.45, 7) is 0. The highest BCUT2D eigenvalue weighted by molar-refractivity contribution is 7.92. The van der Waals surface area contributed by atoms with Crippen molar-refractivity contribution in [2.45, 2.75) is 10.6 Å². The molecule has 35 heavy (non-hydrogen) atoms. The van der Waals surface area contributed by atoms with E-state index in [4.69, 9.17) is 0 Å². The van der Waals surface area contributed by atoms with Crippen molar-refractivity contribution >= 4 is 32.1 Å². The number of aromatic amines is 1. The summed E-state index contributed by atoms with van der Waals surface area (Å²) in [4.78, 5) is 9.38. The monoisotopic (exact) mass is 516 g/mol. The molecule has 5 rings (SSSR count). The van der Waals surface area contributed by atoms with Gasteiger partial charge in [0.25, 0.3) is 0 Å². The van der Waals surface area contributed by atoms with Crippen molar-refractivity contribution in [3.8, 4) is 38.7 Å². The van der Waals surface area contributed by atoms with E-state index in [1.165, 1.54) is 30.6 Å². The number of thiophene rings is 1. The second-order valence-corrected chi connectivity index (χ2v) is 10.9. The Kier molecular flexibility index (Phi) is 5.56. The lowest BCUT2D eigenvalue weighted by Crippen LogP contribution is -2.16. The normalized spacial score (nSPS) is 12.2. The van der Waals surface area contributed by atoms with Gasteiger partial charge in [0.05, 0.1) is 21.8 Å². The maximum Gasteiger partial charge on any atom is 0.573 e. The van der Waals surface area contributed by atoms with Gasteiger partial charge in [0.2, 0.25) is 0 Å². The van der Waals surface area contributed by atoms with Gasteiger partial charge in [0.15, 0.2) is 9.84 Å². The van der Waals surface area contributed by atoms with Crippen LogP contribution < -0.4 is 4.74 Å². The molecular formula is C23H15F3N4O3S2. The van der Waals surface area contributed by atoms with Crippen LogP contribution in [0.5, 0.6) is 5.75 Å². The van der Waals surface area contributed by atoms with Crippen molar-refractivity contribution in [1.29, 1.82) is 0 Å². The fourth-order valence-electron chi connectivity index (χ4n) is 3.61. The number of alkyl halides is 3. The van der Waals surface area contributed by atoms with Crippen LogP contribution in [0, 0.1) is 0 Å². The second kappa shape index (κ2) is 8.47. The number of hydrogen-bond donors (Lipinski definition) is 1. The van der Waals surface area contributed by atoms with Crippen molar-refractivity contribution in [1.82, 2.24) is 20.2 Å². The molecule has 2 aromatic carbocycles. The summed E-state index contributed by atoms with van der Waals surface area (Å²) in [5, 5.41) is 7.80. The lowest BCUT2D eigenvalue weighted by Gasteiger charge is -2.10. The summed E-state index contributed by atoms with van der Waals surface area (Å²) < 4.78 is 65.4. The molecule has 0 unspecified atom stereocenters. The number of sulfone groups is 1. The molecule has 1 N–H and O–H groups in total. The smallest absolute Gasteiger partial charge is 0.406 e. The third kappa shape index (κ3) is 4.75. The zero-order valence-corrected chi connectivity index (χ0v) is 19.5. The SMILES string of the molecule is CS(=O)(=O)c1ccc(-c2ncnc3ccc(-c4c[nH]nc4-c4ccc(OC(F)(F)F)cc4)cc23)s1. The summed E-state index contributed by atoms with van der Waals surface area (Å²) in [5.41, 5.74) is 3.89. The first-order chi connectivity index (χ1) is 16.6. The largest absolute Gasteiger partial charge is 0.573 e. The van der Waals surface area contributed by atoms with E-state index in [2.05, 4.69) is 24.9 Å². The van der Waals surface area contributed by atoms with Crippen LogP contribution in [0.3, 0.4) is 0 Å². The van der Waals surface area contributed by atoms with Crippen molar-refractivity contribution < 1.29 is 26.3 Å². The zero-order chi connectivity index (χ0) is 24.8. The third-order valence-electron chi connectivity index (χ3n) is 5.13. The Hall–Kier alpha value is -3.77. The number of aromatic nitrogens is 4. The molecule has 0 aliphatic rings. The van der Waals surface area contributed by atoms with Gasteiger partial charge in [-0.15, -0.1) is 24.5 Å². The number of nitrogens with one attached hydrogen (secondary N) is 1. The van der Waals surface area contributed by atoms with E-state index in [-0.39, 0.29) is 9.96 Å². The minimum absolute atomic E-state index is 0.241. The molecule has 0 aliphatic heterocycles. The van der Waals surface area contributed by atoms with E-state index < -0.39 is 16.2 Å². The molecule has 3 aromatic heterocycles. The molecule has 0 atom stereocenters. The van der Waals surface area contributed by atoms with E-state index in [1.54, 1.807) is 18.3 Å². The molecule has 0 radical (unpaired) electrons. The maximum absolute atomic E-state index is 12.5. The summed E-state index contributed by atoms with van der Waals surface area (Å²) in [5.74, 6) is -0.324. The van der Waals surface area contributed by atoms with Crippen LogP contribution in [-0.2, 0) is 9.84 Å². The molecule has 0 fully saturated rings. The average molecular weight is 517 g/mol. The van der Waals surface area contributed by atoms with Crippen LogP contribution in [0.2, 0.25) is 0 Å². The molecule has 178 valence electrons. The molecule has 7 nitrogen and oxygen atoms in total. The second-order valence-electron chi connectivity index (χ2n) is 7.56. The van der Waals surface area contributed by atoms with Gasteiger partial charge in [-0.25, -0.2) is 18.4 Å². The van der Waals surface area contributed by atoms with E-state index >= 15 is 0 Å². The van der Waals surface area contributed by atoms with Gasteiger partial charge in [0, 0.05) is 29.0 Å². The highest BCUT2D eigenvalue weighted by Crippen LogP contribution is 2.37. The molecule has 0 aliphatic carbocycles. The van der Waals surface area contributed by atoms with Crippen molar-refractivity contribution in [3.63, 3.8) is 0 Å². The van der Waals surface area contributed by atoms with Gasteiger partial charge in [-0.1, -0.05) is 6.07 Å². The highest BCUT2D eigenvalue weighted by Gasteiger charge is 2.31. The Morgan fingerprint density at radius 1 is 0.943 bits per heavy atom. The first-order valence-electron chi connectivity index (χ1n) is 10.0. The van der Waals surface area contributed by atoms with Crippen molar-refractivity contribution in [2.24, 2.45) is 0 Å². The van der Waals surface area contributed by atoms with Crippen LogP contribution in [0.25, 0.3) is 43.9 Å². The predicted molar refractivity (Wildman–Crippen MR) is 126 cm³/mol. The van der Waals surface area contributed by atoms with Gasteiger partial charge < -0.3 is 4.74 Å². The number of H-pyrrole nitrogens is 1. The summed E-state index contributed by atoms with van der Waals surface area (Å²) in [7, 11) is -3.35. The van der Waals surface area contributed by atoms with Gasteiger partial charge in [-0.2, -0.15) is 5.10 Å². The van der Waals surface area contributed by atoms with Gasteiger partial charge in [-0.05, 0) is 54.1 Å².